The molecule has 6 nitrogen and oxygen atoms in total. The van der Waals surface area contributed by atoms with Crippen LogP contribution in [0.3, 0.4) is 0 Å². The van der Waals surface area contributed by atoms with Crippen molar-refractivity contribution in [1.29, 1.82) is 0 Å². The fourth-order valence-electron chi connectivity index (χ4n) is 5.89. The van der Waals surface area contributed by atoms with Gasteiger partial charge in [0.2, 0.25) is 0 Å². The summed E-state index contributed by atoms with van der Waals surface area (Å²) >= 11 is 0. The minimum absolute atomic E-state index is 0.127. The van der Waals surface area contributed by atoms with Crippen molar-refractivity contribution in [2.24, 2.45) is 5.41 Å². The second-order valence-corrected chi connectivity index (χ2v) is 9.47. The molecule has 8 heteroatoms. The van der Waals surface area contributed by atoms with Crippen LogP contribution in [-0.2, 0) is 5.41 Å². The molecular weight excluding hydrogens is 424 g/mol. The van der Waals surface area contributed by atoms with Crippen LogP contribution in [-0.4, -0.2) is 44.1 Å². The van der Waals surface area contributed by atoms with E-state index in [9.17, 15) is 13.6 Å². The molecule has 2 heterocycles. The zero-order valence-corrected chi connectivity index (χ0v) is 18.8. The van der Waals surface area contributed by atoms with Gasteiger partial charge in [0.15, 0.2) is 0 Å². The molecule has 0 radical (unpaired) electrons. The first-order chi connectivity index (χ1) is 15.8. The van der Waals surface area contributed by atoms with Gasteiger partial charge in [-0.25, -0.2) is 18.7 Å². The molecular formula is C25H25F2N5O. The lowest BCUT2D eigenvalue weighted by atomic mass is 9.68. The van der Waals surface area contributed by atoms with Crippen LogP contribution in [0.5, 0.6) is 0 Å². The number of carbonyl (C=O) groups is 1. The zero-order chi connectivity index (χ0) is 23.4. The van der Waals surface area contributed by atoms with E-state index in [0.29, 0.717) is 18.7 Å². The molecule has 5 rings (SSSR count). The predicted molar refractivity (Wildman–Crippen MR) is 118 cm³/mol. The highest BCUT2D eigenvalue weighted by atomic mass is 19.1. The van der Waals surface area contributed by atoms with Crippen molar-refractivity contribution in [3.05, 3.63) is 71.4 Å². The summed E-state index contributed by atoms with van der Waals surface area (Å²) < 4.78 is 28.8. The molecule has 2 aliphatic rings. The van der Waals surface area contributed by atoms with Gasteiger partial charge in [-0.05, 0) is 54.9 Å². The Bertz CT molecular complexity index is 1210. The van der Waals surface area contributed by atoms with Gasteiger partial charge < -0.3 is 4.90 Å². The number of amides is 1. The molecule has 1 saturated carbocycles. The maximum atomic E-state index is 14.4. The summed E-state index contributed by atoms with van der Waals surface area (Å²) in [6.45, 7) is 7.34. The molecule has 2 atom stereocenters. The Labute approximate surface area is 191 Å². The highest BCUT2D eigenvalue weighted by Gasteiger charge is 2.64. The number of rotatable bonds is 5. The van der Waals surface area contributed by atoms with Crippen molar-refractivity contribution in [3.63, 3.8) is 0 Å². The smallest absolute Gasteiger partial charge is 0.257 e. The number of nitrogens with zero attached hydrogens (tertiary/aromatic N) is 5. The molecule has 1 amide bonds. The van der Waals surface area contributed by atoms with E-state index in [1.165, 1.54) is 36.9 Å². The molecule has 2 bridgehead atoms. The minimum atomic E-state index is -0.658. The van der Waals surface area contributed by atoms with Gasteiger partial charge in [0, 0.05) is 30.9 Å². The molecule has 0 spiro atoms. The number of carbonyl (C=O) groups excluding carboxylic acids is 1. The predicted octanol–water partition coefficient (Wildman–Crippen LogP) is 4.53. The molecule has 2 aromatic heterocycles. The molecule has 3 aromatic rings. The molecule has 1 aromatic carbocycles. The van der Waals surface area contributed by atoms with Crippen molar-refractivity contribution < 1.29 is 13.6 Å². The Morgan fingerprint density at radius 3 is 2.52 bits per heavy atom. The highest BCUT2D eigenvalue weighted by molar-refractivity contribution is 5.93. The first kappa shape index (κ1) is 21.6. The number of hydrogen-bond acceptors (Lipinski definition) is 5. The summed E-state index contributed by atoms with van der Waals surface area (Å²) in [6.07, 6.45) is 6.24. The Morgan fingerprint density at radius 1 is 1.15 bits per heavy atom. The second kappa shape index (κ2) is 7.64. The van der Waals surface area contributed by atoms with E-state index in [0.717, 1.165) is 24.1 Å². The van der Waals surface area contributed by atoms with Crippen LogP contribution < -0.4 is 0 Å². The Balaban J connectivity index is 1.56. The van der Waals surface area contributed by atoms with Crippen LogP contribution in [0.15, 0.2) is 43.0 Å². The van der Waals surface area contributed by atoms with Crippen LogP contribution in [0, 0.1) is 17.0 Å². The van der Waals surface area contributed by atoms with Crippen LogP contribution >= 0.6 is 0 Å². The van der Waals surface area contributed by atoms with Crippen molar-refractivity contribution in [1.82, 2.24) is 25.1 Å². The van der Waals surface area contributed by atoms with Gasteiger partial charge in [-0.3, -0.25) is 4.79 Å². The molecule has 1 fully saturated rings. The standard InChI is InChI=1S/C25H25F2N5O/c1-4-32(23(33)15-11-28-14-29-12-15)13-25-9-8-17(24(25,2)3)16-10-20(30-31-22(16)25)21-18(26)6-5-7-19(21)27/h5-7,10-12,14,17H,4,8-9,13H2,1-3H3/t17-,25-/m0/s1. The quantitative estimate of drug-likeness (QED) is 0.572. The number of likely N-dealkylation sites (N-methyl/N-ethyl adjacent to an activating group) is 1. The number of aromatic nitrogens is 4. The lowest BCUT2D eigenvalue weighted by Gasteiger charge is -2.41. The first-order valence-corrected chi connectivity index (χ1v) is 11.2. The number of fused-ring (bicyclic) bond motifs is 5. The summed E-state index contributed by atoms with van der Waals surface area (Å²) in [6, 6.07) is 5.58. The van der Waals surface area contributed by atoms with Crippen molar-refractivity contribution in [2.75, 3.05) is 13.1 Å². The summed E-state index contributed by atoms with van der Waals surface area (Å²) in [5.41, 5.74) is 1.71. The second-order valence-electron chi connectivity index (χ2n) is 9.47. The van der Waals surface area contributed by atoms with Gasteiger partial charge >= 0.3 is 0 Å². The number of halogens is 2. The lowest BCUT2D eigenvalue weighted by Crippen LogP contribution is -2.48. The van der Waals surface area contributed by atoms with Gasteiger partial charge in [0.25, 0.3) is 5.91 Å². The zero-order valence-electron chi connectivity index (χ0n) is 18.8. The van der Waals surface area contributed by atoms with E-state index in [4.69, 9.17) is 0 Å². The third-order valence-corrected chi connectivity index (χ3v) is 7.77. The summed E-state index contributed by atoms with van der Waals surface area (Å²) in [5.74, 6) is -1.27. The Morgan fingerprint density at radius 2 is 1.85 bits per heavy atom. The van der Waals surface area contributed by atoms with E-state index in [1.54, 1.807) is 6.07 Å². The fraction of sp³-hybridized carbons (Fsp3) is 0.400. The monoisotopic (exact) mass is 449 g/mol. The van der Waals surface area contributed by atoms with E-state index < -0.39 is 17.0 Å². The van der Waals surface area contributed by atoms with E-state index in [-0.39, 0.29) is 28.5 Å². The summed E-state index contributed by atoms with van der Waals surface area (Å²) in [7, 11) is 0. The van der Waals surface area contributed by atoms with Gasteiger partial charge in [0.05, 0.1) is 22.5 Å². The fourth-order valence-corrected chi connectivity index (χ4v) is 5.89. The van der Waals surface area contributed by atoms with Crippen molar-refractivity contribution >= 4 is 5.91 Å². The van der Waals surface area contributed by atoms with Gasteiger partial charge in [-0.2, -0.15) is 10.2 Å². The first-order valence-electron chi connectivity index (χ1n) is 11.2. The molecule has 170 valence electrons. The van der Waals surface area contributed by atoms with Crippen molar-refractivity contribution in [3.8, 4) is 11.3 Å². The van der Waals surface area contributed by atoms with Gasteiger partial charge in [-0.1, -0.05) is 19.9 Å². The molecule has 0 unspecified atom stereocenters. The minimum Gasteiger partial charge on any atom is -0.338 e. The topological polar surface area (TPSA) is 71.9 Å². The van der Waals surface area contributed by atoms with Crippen molar-refractivity contribution in [2.45, 2.75) is 44.9 Å². The van der Waals surface area contributed by atoms with Crippen LogP contribution in [0.1, 0.15) is 61.1 Å². The third kappa shape index (κ3) is 3.07. The molecule has 0 aliphatic heterocycles. The van der Waals surface area contributed by atoms with Gasteiger partial charge in [-0.15, -0.1) is 0 Å². The normalized spacial score (nSPS) is 22.3. The molecule has 0 N–H and O–H groups in total. The largest absolute Gasteiger partial charge is 0.338 e. The summed E-state index contributed by atoms with van der Waals surface area (Å²) in [5, 5.41) is 8.80. The Kier molecular flexibility index (Phi) is 4.99. The average molecular weight is 450 g/mol. The maximum Gasteiger partial charge on any atom is 0.257 e. The molecule has 2 aliphatic carbocycles. The summed E-state index contributed by atoms with van der Waals surface area (Å²) in [4.78, 5) is 23.0. The van der Waals surface area contributed by atoms with Gasteiger partial charge in [0.1, 0.15) is 18.0 Å². The number of benzene rings is 1. The van der Waals surface area contributed by atoms with Crippen LogP contribution in [0.4, 0.5) is 8.78 Å². The SMILES string of the molecule is CCN(C[C@@]12CC[C@@H](c3cc(-c4c(F)cccc4F)nnc31)C2(C)C)C(=O)c1cncnc1. The maximum absolute atomic E-state index is 14.4. The molecule has 0 saturated heterocycles. The average Bonchev–Trinajstić information content (AvgIpc) is 3.17. The Hall–Kier alpha value is -3.29. The van der Waals surface area contributed by atoms with Crippen LogP contribution in [0.2, 0.25) is 0 Å². The van der Waals surface area contributed by atoms with Crippen LogP contribution in [0.25, 0.3) is 11.3 Å². The highest BCUT2D eigenvalue weighted by Crippen LogP contribution is 2.67. The molecule has 33 heavy (non-hydrogen) atoms. The van der Waals surface area contributed by atoms with E-state index in [1.807, 2.05) is 11.8 Å². The lowest BCUT2D eigenvalue weighted by molar-refractivity contribution is 0.0651. The van der Waals surface area contributed by atoms with E-state index in [2.05, 4.69) is 34.0 Å². The number of hydrogen-bond donors (Lipinski definition) is 0. The third-order valence-electron chi connectivity index (χ3n) is 7.77. The van der Waals surface area contributed by atoms with E-state index >= 15 is 0 Å².